The SMILES string of the molecule is C[Si]1(C)c2cc(N3c4ccccc4[Si]4(CCCC4)c4ccccc43)ccc2-c2ccc3c4c(ccc1c24)[Si](C)(C)c1cc(N2c4ccccc4S4(CCCC4)c4ccccc42)ccc1-3. The minimum Gasteiger partial charge on any atom is -0.311 e. The molecule has 6 aliphatic rings. The molecule has 314 valence electrons. The Labute approximate surface area is 383 Å². The largest absolute Gasteiger partial charge is 0.311 e. The number of hydrogen-bond donors (Lipinski definition) is 0. The highest BCUT2D eigenvalue weighted by Gasteiger charge is 2.48. The van der Waals surface area contributed by atoms with Crippen LogP contribution in [0.25, 0.3) is 33.0 Å². The standard InChI is InChI=1S/C58H54N2SSi3/c1-62(2)53-31-32-54-58-44(42-28-26-40(38-56(42)63(54,3)4)60-47-19-7-11-23-51(47)64(35-15-16-36-64)52-24-12-8-20-48(52)60)30-29-43(57(53)58)41-27-25-39(37-55(41)62)59-45-17-5-9-21-49(45)61(33-13-14-34-61)50-22-10-6-18-46(50)59/h5-12,17-32,37-38H,13-16,33-36H2,1-4H3. The summed E-state index contributed by atoms with van der Waals surface area (Å²) in [7, 11) is -7.16. The maximum atomic E-state index is 2.63. The molecule has 64 heavy (non-hydrogen) atoms. The van der Waals surface area contributed by atoms with Crippen LogP contribution in [0, 0.1) is 0 Å². The molecular weight excluding hydrogens is 841 g/mol. The molecule has 2 saturated heterocycles. The van der Waals surface area contributed by atoms with E-state index in [0.29, 0.717) is 0 Å². The Bertz CT molecular complexity index is 3020. The Morgan fingerprint density at radius 1 is 0.375 bits per heavy atom. The van der Waals surface area contributed by atoms with Gasteiger partial charge < -0.3 is 9.80 Å². The van der Waals surface area contributed by atoms with Gasteiger partial charge in [-0.3, -0.25) is 0 Å². The first kappa shape index (κ1) is 37.9. The second-order valence-corrected chi connectivity index (χ2v) is 37.1. The topological polar surface area (TPSA) is 6.48 Å². The third-order valence-electron chi connectivity index (χ3n) is 17.0. The predicted octanol–water partition coefficient (Wildman–Crippen LogP) is 12.4. The van der Waals surface area contributed by atoms with Gasteiger partial charge in [0, 0.05) is 32.5 Å². The van der Waals surface area contributed by atoms with Crippen molar-refractivity contribution in [3.05, 3.63) is 158 Å². The van der Waals surface area contributed by atoms with Crippen molar-refractivity contribution in [1.82, 2.24) is 0 Å². The summed E-state index contributed by atoms with van der Waals surface area (Å²) in [5.41, 5.74) is 14.0. The number of hydrogen-bond acceptors (Lipinski definition) is 2. The molecule has 6 aliphatic heterocycles. The van der Waals surface area contributed by atoms with Gasteiger partial charge in [-0.15, -0.1) is 0 Å². The van der Waals surface area contributed by atoms with Crippen LogP contribution in [0.1, 0.15) is 25.7 Å². The fraction of sp³-hybridized carbons (Fsp3) is 0.207. The predicted molar refractivity (Wildman–Crippen MR) is 285 cm³/mol. The number of nitrogens with zero attached hydrogens (tertiary/aromatic N) is 2. The third-order valence-corrected chi connectivity index (χ3v) is 33.7. The van der Waals surface area contributed by atoms with Crippen LogP contribution in [0.3, 0.4) is 0 Å². The average molecular weight is 895 g/mol. The van der Waals surface area contributed by atoms with Gasteiger partial charge in [0.15, 0.2) is 0 Å². The lowest BCUT2D eigenvalue weighted by molar-refractivity contribution is 0.935. The third kappa shape index (κ3) is 4.72. The normalized spacial score (nSPS) is 19.7. The number of para-hydroxylation sites is 4. The van der Waals surface area contributed by atoms with E-state index >= 15 is 0 Å². The molecule has 8 aromatic rings. The molecule has 0 saturated carbocycles. The minimum atomic E-state index is -2.17. The van der Waals surface area contributed by atoms with Crippen molar-refractivity contribution in [3.63, 3.8) is 0 Å². The summed E-state index contributed by atoms with van der Waals surface area (Å²) in [6.07, 6.45) is 5.39. The summed E-state index contributed by atoms with van der Waals surface area (Å²) in [5, 5.41) is 12.7. The lowest BCUT2D eigenvalue weighted by atomic mass is 9.90. The zero-order valence-electron chi connectivity index (χ0n) is 37.5. The molecule has 0 radical (unpaired) electrons. The molecule has 0 N–H and O–H groups in total. The van der Waals surface area contributed by atoms with Gasteiger partial charge >= 0.3 is 0 Å². The highest BCUT2D eigenvalue weighted by molar-refractivity contribution is 8.34. The van der Waals surface area contributed by atoms with Crippen LogP contribution in [-0.4, -0.2) is 35.7 Å². The van der Waals surface area contributed by atoms with Gasteiger partial charge in [-0.1, -0.05) is 136 Å². The maximum absolute atomic E-state index is 2.63. The van der Waals surface area contributed by atoms with Gasteiger partial charge in [0.2, 0.25) is 0 Å². The monoisotopic (exact) mass is 894 g/mol. The van der Waals surface area contributed by atoms with E-state index in [1.54, 1.807) is 40.9 Å². The Balaban J connectivity index is 0.920. The van der Waals surface area contributed by atoms with Crippen LogP contribution >= 0.6 is 10.0 Å². The van der Waals surface area contributed by atoms with Crippen molar-refractivity contribution >= 4 is 110 Å². The molecule has 0 unspecified atom stereocenters. The van der Waals surface area contributed by atoms with Gasteiger partial charge in [-0.05, 0) is 161 Å². The highest BCUT2D eigenvalue weighted by Crippen LogP contribution is 2.74. The lowest BCUT2D eigenvalue weighted by Crippen LogP contribution is -2.61. The van der Waals surface area contributed by atoms with Crippen molar-refractivity contribution in [2.75, 3.05) is 21.3 Å². The van der Waals surface area contributed by atoms with Crippen LogP contribution in [0.4, 0.5) is 34.1 Å². The molecule has 2 fully saturated rings. The van der Waals surface area contributed by atoms with E-state index in [4.69, 9.17) is 0 Å². The second-order valence-electron chi connectivity index (χ2n) is 20.7. The quantitative estimate of drug-likeness (QED) is 0.160. The summed E-state index contributed by atoms with van der Waals surface area (Å²) >= 11 is 0. The van der Waals surface area contributed by atoms with Gasteiger partial charge in [-0.2, -0.15) is 10.0 Å². The van der Waals surface area contributed by atoms with E-state index < -0.39 is 34.2 Å². The van der Waals surface area contributed by atoms with Crippen molar-refractivity contribution in [3.8, 4) is 22.3 Å². The Morgan fingerprint density at radius 2 is 0.781 bits per heavy atom. The molecule has 2 spiro atoms. The van der Waals surface area contributed by atoms with E-state index in [2.05, 4.69) is 194 Å². The summed E-state index contributed by atoms with van der Waals surface area (Å²) in [4.78, 5) is 8.44. The highest BCUT2D eigenvalue weighted by atomic mass is 32.3. The van der Waals surface area contributed by atoms with Crippen molar-refractivity contribution in [2.45, 2.75) is 73.8 Å². The maximum Gasteiger partial charge on any atom is 0.123 e. The van der Waals surface area contributed by atoms with Crippen LogP contribution in [0.15, 0.2) is 168 Å². The first-order chi connectivity index (χ1) is 31.2. The smallest absolute Gasteiger partial charge is 0.123 e. The van der Waals surface area contributed by atoms with Crippen molar-refractivity contribution in [2.24, 2.45) is 0 Å². The summed E-state index contributed by atoms with van der Waals surface area (Å²) < 4.78 is 0. The Hall–Kier alpha value is -5.38. The van der Waals surface area contributed by atoms with E-state index in [0.717, 1.165) is 0 Å². The number of rotatable bonds is 2. The Morgan fingerprint density at radius 3 is 1.27 bits per heavy atom. The van der Waals surface area contributed by atoms with E-state index in [-0.39, 0.29) is 0 Å². The van der Waals surface area contributed by atoms with Gasteiger partial charge in [0.1, 0.15) is 24.2 Å². The zero-order valence-corrected chi connectivity index (χ0v) is 41.3. The van der Waals surface area contributed by atoms with E-state index in [1.165, 1.54) is 116 Å². The second kappa shape index (κ2) is 13.1. The van der Waals surface area contributed by atoms with E-state index in [1.807, 2.05) is 0 Å². The first-order valence-electron chi connectivity index (χ1n) is 23.9. The molecular formula is C58H54N2SSi3. The molecule has 0 aliphatic carbocycles. The number of anilines is 6. The van der Waals surface area contributed by atoms with Crippen LogP contribution in [0.2, 0.25) is 38.3 Å². The first-order valence-corrected chi connectivity index (χ1v) is 34.3. The van der Waals surface area contributed by atoms with Crippen molar-refractivity contribution < 1.29 is 0 Å². The van der Waals surface area contributed by atoms with E-state index in [9.17, 15) is 0 Å². The van der Waals surface area contributed by atoms with Crippen LogP contribution in [-0.2, 0) is 0 Å². The Kier molecular flexibility index (Phi) is 7.78. The molecule has 0 bridgehead atoms. The molecule has 0 aromatic heterocycles. The zero-order chi connectivity index (χ0) is 42.7. The van der Waals surface area contributed by atoms with Gasteiger partial charge in [-0.25, -0.2) is 0 Å². The molecule has 6 heterocycles. The van der Waals surface area contributed by atoms with Gasteiger partial charge in [0.05, 0.1) is 11.4 Å². The summed E-state index contributed by atoms with van der Waals surface area (Å²) in [6.45, 7) is 10.5. The molecule has 8 aromatic carbocycles. The fourth-order valence-electron chi connectivity index (χ4n) is 14.0. The minimum absolute atomic E-state index is 1.03. The number of fused-ring (bicyclic) bond motifs is 12. The molecule has 14 rings (SSSR count). The molecule has 0 amide bonds. The summed E-state index contributed by atoms with van der Waals surface area (Å²) in [6, 6.07) is 65.9. The van der Waals surface area contributed by atoms with Crippen LogP contribution < -0.4 is 40.9 Å². The number of benzene rings is 8. The fourth-order valence-corrected chi connectivity index (χ4v) is 30.2. The molecule has 0 atom stereocenters. The average Bonchev–Trinajstić information content (AvgIpc) is 4.03. The van der Waals surface area contributed by atoms with Crippen molar-refractivity contribution in [1.29, 1.82) is 0 Å². The van der Waals surface area contributed by atoms with Crippen LogP contribution in [0.5, 0.6) is 0 Å². The van der Waals surface area contributed by atoms with Gasteiger partial charge in [0.25, 0.3) is 0 Å². The lowest BCUT2D eigenvalue weighted by Gasteiger charge is -2.47. The summed E-state index contributed by atoms with van der Waals surface area (Å²) in [5.74, 6) is 2.64. The molecule has 2 nitrogen and oxygen atoms in total. The molecule has 6 heteroatoms.